The van der Waals surface area contributed by atoms with Crippen molar-refractivity contribution < 1.29 is 14.0 Å². The molecule has 1 aliphatic rings. The fourth-order valence-electron chi connectivity index (χ4n) is 2.14. The van der Waals surface area contributed by atoms with Crippen LogP contribution < -0.4 is 16.4 Å². The number of nitrogens with two attached hydrogens (primary N) is 1. The molecule has 3 amide bonds. The highest BCUT2D eigenvalue weighted by molar-refractivity contribution is 7.99. The summed E-state index contributed by atoms with van der Waals surface area (Å²) in [6.45, 7) is 0.156. The van der Waals surface area contributed by atoms with E-state index in [1.54, 1.807) is 0 Å². The van der Waals surface area contributed by atoms with E-state index in [1.165, 1.54) is 6.42 Å². The molecule has 1 aromatic heterocycles. The molecule has 9 heteroatoms. The second-order valence-electron chi connectivity index (χ2n) is 4.81. The monoisotopic (exact) mass is 313 g/mol. The first-order valence-corrected chi connectivity index (χ1v) is 7.91. The summed E-state index contributed by atoms with van der Waals surface area (Å²) in [6, 6.07) is -0.275. The summed E-state index contributed by atoms with van der Waals surface area (Å²) >= 11 is 1.06. The van der Waals surface area contributed by atoms with Crippen molar-refractivity contribution in [1.82, 2.24) is 20.8 Å². The molecule has 0 aliphatic heterocycles. The second kappa shape index (κ2) is 7.99. The van der Waals surface area contributed by atoms with E-state index >= 15 is 0 Å². The Hall–Kier alpha value is -1.61. The predicted octanol–water partition coefficient (Wildman–Crippen LogP) is 0.779. The van der Waals surface area contributed by atoms with E-state index in [9.17, 15) is 9.59 Å². The molecule has 0 atom stereocenters. The fourth-order valence-corrected chi connectivity index (χ4v) is 2.72. The molecule has 8 nitrogen and oxygen atoms in total. The average molecular weight is 313 g/mol. The van der Waals surface area contributed by atoms with Crippen molar-refractivity contribution in [2.24, 2.45) is 5.73 Å². The number of nitrogens with zero attached hydrogens (tertiary/aromatic N) is 2. The Morgan fingerprint density at radius 2 is 2.05 bits per heavy atom. The third-order valence-corrected chi connectivity index (χ3v) is 3.96. The normalized spacial score (nSPS) is 15.7. The van der Waals surface area contributed by atoms with Crippen LogP contribution in [0.3, 0.4) is 0 Å². The zero-order valence-corrected chi connectivity index (χ0v) is 12.4. The molecule has 0 saturated heterocycles. The molecule has 1 aliphatic carbocycles. The van der Waals surface area contributed by atoms with Crippen LogP contribution in [0.5, 0.6) is 0 Å². The Kier molecular flexibility index (Phi) is 6.00. The molecule has 0 radical (unpaired) electrons. The maximum Gasteiger partial charge on any atom is 0.321 e. The van der Waals surface area contributed by atoms with Crippen molar-refractivity contribution in [3.05, 3.63) is 5.89 Å². The van der Waals surface area contributed by atoms with Gasteiger partial charge in [-0.15, -0.1) is 10.2 Å². The number of hydrogen-bond donors (Lipinski definition) is 3. The van der Waals surface area contributed by atoms with Crippen molar-refractivity contribution in [3.8, 4) is 0 Å². The summed E-state index contributed by atoms with van der Waals surface area (Å²) in [5.41, 5.74) is 5.34. The van der Waals surface area contributed by atoms with E-state index in [2.05, 4.69) is 20.8 Å². The number of carbonyl (C=O) groups excluding carboxylic acids is 2. The molecule has 0 spiro atoms. The fraction of sp³-hybridized carbons (Fsp3) is 0.667. The van der Waals surface area contributed by atoms with Crippen LogP contribution in [0.1, 0.15) is 38.0 Å². The van der Waals surface area contributed by atoms with E-state index in [4.69, 9.17) is 10.2 Å². The molecular weight excluding hydrogens is 294 g/mol. The van der Waals surface area contributed by atoms with Gasteiger partial charge < -0.3 is 15.5 Å². The van der Waals surface area contributed by atoms with Crippen LogP contribution >= 0.6 is 11.8 Å². The average Bonchev–Trinajstić information content (AvgIpc) is 2.94. The molecule has 1 fully saturated rings. The maximum atomic E-state index is 11.7. The van der Waals surface area contributed by atoms with E-state index < -0.39 is 11.9 Å². The third kappa shape index (κ3) is 5.35. The largest absolute Gasteiger partial charge is 0.415 e. The first-order valence-electron chi connectivity index (χ1n) is 6.93. The van der Waals surface area contributed by atoms with Crippen molar-refractivity contribution in [2.75, 3.05) is 5.75 Å². The van der Waals surface area contributed by atoms with Gasteiger partial charge in [-0.05, 0) is 12.8 Å². The van der Waals surface area contributed by atoms with Gasteiger partial charge in [0.2, 0.25) is 11.8 Å². The Morgan fingerprint density at radius 1 is 1.29 bits per heavy atom. The number of nitrogens with one attached hydrogen (secondary N) is 2. The van der Waals surface area contributed by atoms with Gasteiger partial charge in [-0.3, -0.25) is 10.1 Å². The van der Waals surface area contributed by atoms with Gasteiger partial charge in [-0.2, -0.15) is 0 Å². The summed E-state index contributed by atoms with van der Waals surface area (Å²) in [5.74, 6) is -0.0571. The minimum atomic E-state index is -0.444. The molecule has 0 bridgehead atoms. The summed E-state index contributed by atoms with van der Waals surface area (Å²) in [7, 11) is 0. The molecule has 1 saturated carbocycles. The minimum absolute atomic E-state index is 0.0320. The smallest absolute Gasteiger partial charge is 0.321 e. The topological polar surface area (TPSA) is 123 Å². The summed E-state index contributed by atoms with van der Waals surface area (Å²) in [4.78, 5) is 23.3. The highest BCUT2D eigenvalue weighted by Crippen LogP contribution is 2.17. The van der Waals surface area contributed by atoms with Gasteiger partial charge in [-0.1, -0.05) is 31.0 Å². The summed E-state index contributed by atoms with van der Waals surface area (Å²) in [6.07, 6.45) is 5.40. The number of rotatable bonds is 5. The lowest BCUT2D eigenvalue weighted by Gasteiger charge is -2.22. The molecule has 21 heavy (non-hydrogen) atoms. The number of urea groups is 1. The Labute approximate surface area is 126 Å². The SMILES string of the molecule is NCc1nnc(SCC(=O)NC(=O)NC2CCCCC2)o1. The van der Waals surface area contributed by atoms with Gasteiger partial charge in [-0.25, -0.2) is 4.79 Å². The Balaban J connectivity index is 1.67. The molecule has 1 heterocycles. The molecule has 2 rings (SSSR count). The van der Waals surface area contributed by atoms with Gasteiger partial charge >= 0.3 is 6.03 Å². The number of imide groups is 1. The van der Waals surface area contributed by atoms with Gasteiger partial charge in [0.1, 0.15) is 0 Å². The van der Waals surface area contributed by atoms with Crippen LogP contribution in [0.15, 0.2) is 9.64 Å². The van der Waals surface area contributed by atoms with Crippen molar-refractivity contribution >= 4 is 23.7 Å². The van der Waals surface area contributed by atoms with Gasteiger partial charge in [0.25, 0.3) is 5.22 Å². The lowest BCUT2D eigenvalue weighted by atomic mass is 9.96. The molecule has 4 N–H and O–H groups in total. The molecular formula is C12H19N5O3S. The third-order valence-electron chi connectivity index (χ3n) is 3.14. The quantitative estimate of drug-likeness (QED) is 0.686. The van der Waals surface area contributed by atoms with Crippen LogP contribution in [-0.4, -0.2) is 33.9 Å². The van der Waals surface area contributed by atoms with Crippen LogP contribution in [0, 0.1) is 0 Å². The van der Waals surface area contributed by atoms with E-state index in [0.29, 0.717) is 5.89 Å². The van der Waals surface area contributed by atoms with Crippen LogP contribution in [-0.2, 0) is 11.3 Å². The first kappa shape index (κ1) is 15.8. The lowest BCUT2D eigenvalue weighted by Crippen LogP contribution is -2.45. The predicted molar refractivity (Wildman–Crippen MR) is 76.5 cm³/mol. The maximum absolute atomic E-state index is 11.7. The standard InChI is InChI=1S/C12H19N5O3S/c13-6-10-16-17-12(20-10)21-7-9(18)15-11(19)14-8-4-2-1-3-5-8/h8H,1-7,13H2,(H2,14,15,18,19). The zero-order chi connectivity index (χ0) is 15.1. The highest BCUT2D eigenvalue weighted by Gasteiger charge is 2.17. The first-order chi connectivity index (χ1) is 10.2. The molecule has 116 valence electrons. The van der Waals surface area contributed by atoms with E-state index in [1.807, 2.05) is 0 Å². The highest BCUT2D eigenvalue weighted by atomic mass is 32.2. The number of aromatic nitrogens is 2. The van der Waals surface area contributed by atoms with Gasteiger partial charge in [0, 0.05) is 6.04 Å². The Morgan fingerprint density at radius 3 is 2.71 bits per heavy atom. The second-order valence-corrected chi connectivity index (χ2v) is 5.74. The van der Waals surface area contributed by atoms with Crippen LogP contribution in [0.2, 0.25) is 0 Å². The van der Waals surface area contributed by atoms with Gasteiger partial charge in [0.05, 0.1) is 12.3 Å². The van der Waals surface area contributed by atoms with Crippen molar-refractivity contribution in [1.29, 1.82) is 0 Å². The minimum Gasteiger partial charge on any atom is -0.415 e. The van der Waals surface area contributed by atoms with Gasteiger partial charge in [0.15, 0.2) is 0 Å². The lowest BCUT2D eigenvalue weighted by molar-refractivity contribution is -0.117. The van der Waals surface area contributed by atoms with Crippen LogP contribution in [0.25, 0.3) is 0 Å². The molecule has 0 aromatic carbocycles. The van der Waals surface area contributed by atoms with Crippen molar-refractivity contribution in [2.45, 2.75) is 49.9 Å². The molecule has 0 unspecified atom stereocenters. The summed E-state index contributed by atoms with van der Waals surface area (Å²) < 4.78 is 5.14. The Bertz CT molecular complexity index is 487. The number of hydrogen-bond acceptors (Lipinski definition) is 7. The number of carbonyl (C=O) groups is 2. The summed E-state index contributed by atoms with van der Waals surface area (Å²) in [5, 5.41) is 12.8. The zero-order valence-electron chi connectivity index (χ0n) is 11.6. The van der Waals surface area contributed by atoms with E-state index in [-0.39, 0.29) is 23.6 Å². The van der Waals surface area contributed by atoms with Crippen LogP contribution in [0.4, 0.5) is 4.79 Å². The van der Waals surface area contributed by atoms with E-state index in [0.717, 1.165) is 37.4 Å². The molecule has 1 aromatic rings. The number of amides is 3. The number of thioether (sulfide) groups is 1. The van der Waals surface area contributed by atoms with Crippen molar-refractivity contribution in [3.63, 3.8) is 0 Å².